The second-order valence-electron chi connectivity index (χ2n) is 3.95. The Labute approximate surface area is 104 Å². The van der Waals surface area contributed by atoms with E-state index in [1.807, 2.05) is 0 Å². The number of unbranched alkanes of at least 4 members (excludes halogenated alkanes) is 2. The third-order valence-electron chi connectivity index (χ3n) is 2.52. The van der Waals surface area contributed by atoms with Crippen molar-refractivity contribution in [2.24, 2.45) is 0 Å². The molecule has 0 spiro atoms. The van der Waals surface area contributed by atoms with Crippen LogP contribution in [0.5, 0.6) is 0 Å². The van der Waals surface area contributed by atoms with E-state index in [9.17, 15) is 0 Å². The molecule has 16 heavy (non-hydrogen) atoms. The van der Waals surface area contributed by atoms with Crippen molar-refractivity contribution in [1.29, 1.82) is 0 Å². The van der Waals surface area contributed by atoms with Gasteiger partial charge in [-0.25, -0.2) is 0 Å². The van der Waals surface area contributed by atoms with Crippen LogP contribution in [0.2, 0.25) is 0 Å². The van der Waals surface area contributed by atoms with Gasteiger partial charge in [0.1, 0.15) is 0 Å². The molecule has 0 heterocycles. The van der Waals surface area contributed by atoms with Crippen molar-refractivity contribution in [2.45, 2.75) is 32.1 Å². The van der Waals surface area contributed by atoms with Gasteiger partial charge in [-0.05, 0) is 37.7 Å². The van der Waals surface area contributed by atoms with Gasteiger partial charge in [-0.15, -0.1) is 11.6 Å². The number of halogens is 1. The first-order chi connectivity index (χ1) is 7.93. The van der Waals surface area contributed by atoms with Crippen LogP contribution < -0.4 is 0 Å². The molecule has 0 N–H and O–H groups in total. The predicted molar refractivity (Wildman–Crippen MR) is 70.2 cm³/mol. The zero-order chi connectivity index (χ0) is 11.5. The number of hydrogen-bond donors (Lipinski definition) is 0. The molecule has 0 atom stereocenters. The molecule has 0 saturated carbocycles. The molecule has 0 fully saturated rings. The lowest BCUT2D eigenvalue weighted by atomic mass is 10.1. The zero-order valence-corrected chi connectivity index (χ0v) is 10.6. The minimum Gasteiger partial charge on any atom is -0.381 e. The van der Waals surface area contributed by atoms with Gasteiger partial charge in [0.2, 0.25) is 0 Å². The second kappa shape index (κ2) is 9.68. The van der Waals surface area contributed by atoms with Crippen LogP contribution in [0.3, 0.4) is 0 Å². The SMILES string of the molecule is ClCCCCCOCCCc1ccccc1. The van der Waals surface area contributed by atoms with Gasteiger partial charge >= 0.3 is 0 Å². The quantitative estimate of drug-likeness (QED) is 0.468. The number of hydrogen-bond acceptors (Lipinski definition) is 1. The van der Waals surface area contributed by atoms with Crippen LogP contribution in [-0.4, -0.2) is 19.1 Å². The number of alkyl halides is 1. The lowest BCUT2D eigenvalue weighted by Gasteiger charge is -2.04. The molecule has 1 aromatic carbocycles. The van der Waals surface area contributed by atoms with Gasteiger partial charge in [0, 0.05) is 19.1 Å². The zero-order valence-electron chi connectivity index (χ0n) is 9.83. The van der Waals surface area contributed by atoms with Gasteiger partial charge in [0.25, 0.3) is 0 Å². The number of benzene rings is 1. The molecule has 0 aliphatic rings. The normalized spacial score (nSPS) is 10.6. The van der Waals surface area contributed by atoms with Gasteiger partial charge < -0.3 is 4.74 Å². The minimum absolute atomic E-state index is 0.772. The van der Waals surface area contributed by atoms with E-state index in [0.29, 0.717) is 0 Å². The van der Waals surface area contributed by atoms with Gasteiger partial charge in [0.15, 0.2) is 0 Å². The first-order valence-corrected chi connectivity index (χ1v) is 6.64. The molecular weight excluding hydrogens is 220 g/mol. The Morgan fingerprint density at radius 1 is 0.875 bits per heavy atom. The Hall–Kier alpha value is -0.530. The maximum absolute atomic E-state index is 5.59. The van der Waals surface area contributed by atoms with Gasteiger partial charge in [-0.1, -0.05) is 30.3 Å². The highest BCUT2D eigenvalue weighted by Gasteiger charge is 1.93. The van der Waals surface area contributed by atoms with E-state index < -0.39 is 0 Å². The van der Waals surface area contributed by atoms with Gasteiger partial charge in [-0.3, -0.25) is 0 Å². The summed E-state index contributed by atoms with van der Waals surface area (Å²) in [4.78, 5) is 0. The molecule has 1 aromatic rings. The molecule has 0 aliphatic heterocycles. The fourth-order valence-electron chi connectivity index (χ4n) is 1.60. The highest BCUT2D eigenvalue weighted by atomic mass is 35.5. The van der Waals surface area contributed by atoms with Crippen LogP contribution in [0.15, 0.2) is 30.3 Å². The minimum atomic E-state index is 0.772. The molecule has 0 bridgehead atoms. The molecule has 90 valence electrons. The largest absolute Gasteiger partial charge is 0.381 e. The summed E-state index contributed by atoms with van der Waals surface area (Å²) in [5.74, 6) is 0.772. The molecule has 2 heteroatoms. The van der Waals surface area contributed by atoms with Crippen LogP contribution >= 0.6 is 11.6 Å². The van der Waals surface area contributed by atoms with Crippen molar-refractivity contribution in [3.8, 4) is 0 Å². The summed E-state index contributed by atoms with van der Waals surface area (Å²) in [6.07, 6.45) is 5.65. The van der Waals surface area contributed by atoms with E-state index in [4.69, 9.17) is 16.3 Å². The summed E-state index contributed by atoms with van der Waals surface area (Å²) in [6.45, 7) is 1.75. The summed E-state index contributed by atoms with van der Waals surface area (Å²) in [7, 11) is 0. The number of aryl methyl sites for hydroxylation is 1. The smallest absolute Gasteiger partial charge is 0.0469 e. The molecular formula is C14H21ClO. The lowest BCUT2D eigenvalue weighted by Crippen LogP contribution is -1.98. The van der Waals surface area contributed by atoms with Crippen molar-refractivity contribution in [3.63, 3.8) is 0 Å². The third kappa shape index (κ3) is 6.86. The van der Waals surface area contributed by atoms with E-state index in [1.165, 1.54) is 12.0 Å². The Bertz CT molecular complexity index is 248. The highest BCUT2D eigenvalue weighted by Crippen LogP contribution is 2.03. The van der Waals surface area contributed by atoms with Crippen LogP contribution in [-0.2, 0) is 11.2 Å². The third-order valence-corrected chi connectivity index (χ3v) is 2.79. The van der Waals surface area contributed by atoms with Crippen molar-refractivity contribution in [1.82, 2.24) is 0 Å². The summed E-state index contributed by atoms with van der Waals surface area (Å²) < 4.78 is 5.56. The van der Waals surface area contributed by atoms with Crippen LogP contribution in [0.25, 0.3) is 0 Å². The second-order valence-corrected chi connectivity index (χ2v) is 4.33. The van der Waals surface area contributed by atoms with E-state index in [0.717, 1.165) is 44.8 Å². The average Bonchev–Trinajstić information content (AvgIpc) is 2.34. The first-order valence-electron chi connectivity index (χ1n) is 6.11. The standard InChI is InChI=1S/C14H21ClO/c15-11-5-2-6-12-16-13-7-10-14-8-3-1-4-9-14/h1,3-4,8-9H,2,5-7,10-13H2. The molecule has 0 saturated heterocycles. The van der Waals surface area contributed by atoms with E-state index >= 15 is 0 Å². The Morgan fingerprint density at radius 3 is 2.38 bits per heavy atom. The number of rotatable bonds is 9. The van der Waals surface area contributed by atoms with Crippen LogP contribution in [0, 0.1) is 0 Å². The van der Waals surface area contributed by atoms with Crippen molar-refractivity contribution in [2.75, 3.05) is 19.1 Å². The molecule has 0 aromatic heterocycles. The Morgan fingerprint density at radius 2 is 1.62 bits per heavy atom. The molecule has 0 aliphatic carbocycles. The van der Waals surface area contributed by atoms with E-state index in [2.05, 4.69) is 30.3 Å². The van der Waals surface area contributed by atoms with E-state index in [-0.39, 0.29) is 0 Å². The monoisotopic (exact) mass is 240 g/mol. The molecule has 0 radical (unpaired) electrons. The van der Waals surface area contributed by atoms with E-state index in [1.54, 1.807) is 0 Å². The number of ether oxygens (including phenoxy) is 1. The highest BCUT2D eigenvalue weighted by molar-refractivity contribution is 6.17. The van der Waals surface area contributed by atoms with Crippen molar-refractivity contribution < 1.29 is 4.74 Å². The summed E-state index contributed by atoms with van der Waals surface area (Å²) in [5, 5.41) is 0. The summed E-state index contributed by atoms with van der Waals surface area (Å²) in [6, 6.07) is 10.6. The van der Waals surface area contributed by atoms with Crippen LogP contribution in [0.1, 0.15) is 31.2 Å². The average molecular weight is 241 g/mol. The summed E-state index contributed by atoms with van der Waals surface area (Å²) in [5.41, 5.74) is 1.40. The van der Waals surface area contributed by atoms with Crippen LogP contribution in [0.4, 0.5) is 0 Å². The fraction of sp³-hybridized carbons (Fsp3) is 0.571. The van der Waals surface area contributed by atoms with Gasteiger partial charge in [0.05, 0.1) is 0 Å². The molecule has 0 amide bonds. The lowest BCUT2D eigenvalue weighted by molar-refractivity contribution is 0.128. The van der Waals surface area contributed by atoms with Crippen molar-refractivity contribution in [3.05, 3.63) is 35.9 Å². The maximum Gasteiger partial charge on any atom is 0.0469 e. The predicted octanol–water partition coefficient (Wildman–Crippen LogP) is 4.04. The Balaban J connectivity index is 1.89. The Kier molecular flexibility index (Phi) is 8.19. The molecule has 0 unspecified atom stereocenters. The molecule has 1 rings (SSSR count). The molecule has 1 nitrogen and oxygen atoms in total. The first kappa shape index (κ1) is 13.5. The van der Waals surface area contributed by atoms with Crippen molar-refractivity contribution >= 4 is 11.6 Å². The topological polar surface area (TPSA) is 9.23 Å². The maximum atomic E-state index is 5.59. The summed E-state index contributed by atoms with van der Waals surface area (Å²) >= 11 is 5.59. The van der Waals surface area contributed by atoms with Gasteiger partial charge in [-0.2, -0.15) is 0 Å². The fourth-order valence-corrected chi connectivity index (χ4v) is 1.79.